The minimum Gasteiger partial charge on any atom is -0.396 e. The molecule has 2 atom stereocenters. The van der Waals surface area contributed by atoms with Crippen molar-refractivity contribution in [3.05, 3.63) is 20.8 Å². The highest BCUT2D eigenvalue weighted by atomic mass is 79.9. The molecule has 0 radical (unpaired) electrons. The van der Waals surface area contributed by atoms with Gasteiger partial charge in [-0.25, -0.2) is 0 Å². The fourth-order valence-electron chi connectivity index (χ4n) is 2.18. The van der Waals surface area contributed by atoms with E-state index in [9.17, 15) is 5.11 Å². The van der Waals surface area contributed by atoms with Crippen LogP contribution in [0.1, 0.15) is 18.2 Å². The molecule has 1 saturated carbocycles. The van der Waals surface area contributed by atoms with Gasteiger partial charge in [-0.2, -0.15) is 0 Å². The van der Waals surface area contributed by atoms with Crippen molar-refractivity contribution in [2.24, 2.45) is 11.1 Å². The molecule has 14 heavy (non-hydrogen) atoms. The van der Waals surface area contributed by atoms with Crippen molar-refractivity contribution in [1.82, 2.24) is 0 Å². The first-order chi connectivity index (χ1) is 6.58. The van der Waals surface area contributed by atoms with E-state index in [1.54, 1.807) is 11.3 Å². The van der Waals surface area contributed by atoms with E-state index < -0.39 is 0 Å². The Balaban J connectivity index is 2.29. The molecule has 0 bridgehead atoms. The van der Waals surface area contributed by atoms with Crippen LogP contribution in [-0.2, 0) is 5.41 Å². The van der Waals surface area contributed by atoms with Crippen LogP contribution < -0.4 is 5.73 Å². The van der Waals surface area contributed by atoms with Gasteiger partial charge in [-0.3, -0.25) is 0 Å². The summed E-state index contributed by atoms with van der Waals surface area (Å²) in [6.45, 7) is 2.94. The van der Waals surface area contributed by atoms with Crippen LogP contribution in [0.3, 0.4) is 0 Å². The van der Waals surface area contributed by atoms with Crippen molar-refractivity contribution in [2.45, 2.75) is 18.8 Å². The molecule has 1 aliphatic rings. The molecule has 1 aromatic rings. The van der Waals surface area contributed by atoms with E-state index in [4.69, 9.17) is 5.73 Å². The van der Waals surface area contributed by atoms with Crippen molar-refractivity contribution in [3.63, 3.8) is 0 Å². The van der Waals surface area contributed by atoms with Gasteiger partial charge in [0.15, 0.2) is 0 Å². The topological polar surface area (TPSA) is 46.2 Å². The average Bonchev–Trinajstić information content (AvgIpc) is 2.54. The number of halogens is 1. The molecular formula is C10H14BrNOS. The zero-order chi connectivity index (χ0) is 10.4. The van der Waals surface area contributed by atoms with Crippen molar-refractivity contribution in [1.29, 1.82) is 0 Å². The summed E-state index contributed by atoms with van der Waals surface area (Å²) in [7, 11) is 0. The summed E-state index contributed by atoms with van der Waals surface area (Å²) in [6, 6.07) is 2.14. The summed E-state index contributed by atoms with van der Waals surface area (Å²) in [5, 5.41) is 11.5. The van der Waals surface area contributed by atoms with Gasteiger partial charge in [0.05, 0.1) is 6.61 Å². The Morgan fingerprint density at radius 3 is 2.79 bits per heavy atom. The maximum Gasteiger partial charge on any atom is 0.0508 e. The lowest BCUT2D eigenvalue weighted by molar-refractivity contribution is 0.199. The van der Waals surface area contributed by atoms with Gasteiger partial charge in [-0.1, -0.05) is 6.92 Å². The minimum atomic E-state index is -0.0721. The first-order valence-electron chi connectivity index (χ1n) is 4.63. The molecule has 78 valence electrons. The van der Waals surface area contributed by atoms with Gasteiger partial charge in [-0.05, 0) is 28.4 Å². The smallest absolute Gasteiger partial charge is 0.0508 e. The van der Waals surface area contributed by atoms with Crippen LogP contribution in [0.25, 0.3) is 0 Å². The van der Waals surface area contributed by atoms with Gasteiger partial charge >= 0.3 is 0 Å². The van der Waals surface area contributed by atoms with E-state index in [2.05, 4.69) is 34.3 Å². The maximum atomic E-state index is 9.37. The number of thiophene rings is 1. The van der Waals surface area contributed by atoms with E-state index in [1.807, 2.05) is 0 Å². The van der Waals surface area contributed by atoms with Gasteiger partial charge in [0.2, 0.25) is 0 Å². The highest BCUT2D eigenvalue weighted by molar-refractivity contribution is 9.10. The zero-order valence-electron chi connectivity index (χ0n) is 8.09. The molecule has 4 heteroatoms. The Bertz CT molecular complexity index is 348. The Morgan fingerprint density at radius 2 is 2.43 bits per heavy atom. The van der Waals surface area contributed by atoms with Crippen molar-refractivity contribution in [3.8, 4) is 0 Å². The molecule has 3 N–H and O–H groups in total. The van der Waals surface area contributed by atoms with E-state index in [0.29, 0.717) is 6.54 Å². The lowest BCUT2D eigenvalue weighted by Crippen LogP contribution is -2.27. The van der Waals surface area contributed by atoms with Crippen LogP contribution in [0.4, 0.5) is 0 Å². The Hall–Kier alpha value is 0.1000. The van der Waals surface area contributed by atoms with Gasteiger partial charge in [0.1, 0.15) is 0 Å². The van der Waals surface area contributed by atoms with Gasteiger partial charge in [0, 0.05) is 32.1 Å². The third-order valence-corrected chi connectivity index (χ3v) is 5.50. The summed E-state index contributed by atoms with van der Waals surface area (Å²) in [6.07, 6.45) is 1.000. The van der Waals surface area contributed by atoms with E-state index >= 15 is 0 Å². The largest absolute Gasteiger partial charge is 0.396 e. The molecule has 2 nitrogen and oxygen atoms in total. The van der Waals surface area contributed by atoms with Crippen LogP contribution in [-0.4, -0.2) is 18.3 Å². The quantitative estimate of drug-likeness (QED) is 0.888. The second kappa shape index (κ2) is 3.30. The molecule has 0 aromatic carbocycles. The molecule has 0 spiro atoms. The van der Waals surface area contributed by atoms with Crippen LogP contribution >= 0.6 is 27.3 Å². The number of hydrogen-bond donors (Lipinski definition) is 2. The molecule has 2 unspecified atom stereocenters. The average molecular weight is 276 g/mol. The molecular weight excluding hydrogens is 262 g/mol. The summed E-state index contributed by atoms with van der Waals surface area (Å²) in [5.74, 6) is 0. The van der Waals surface area contributed by atoms with E-state index in [0.717, 1.165) is 10.9 Å². The first kappa shape index (κ1) is 10.6. The first-order valence-corrected chi connectivity index (χ1v) is 6.31. The molecule has 1 fully saturated rings. The van der Waals surface area contributed by atoms with Crippen LogP contribution in [0.5, 0.6) is 0 Å². The molecule has 0 amide bonds. The van der Waals surface area contributed by atoms with Crippen LogP contribution in [0.15, 0.2) is 15.9 Å². The third-order valence-electron chi connectivity index (χ3n) is 3.54. The number of nitrogens with two attached hydrogens (primary N) is 1. The van der Waals surface area contributed by atoms with Gasteiger partial charge < -0.3 is 10.8 Å². The zero-order valence-corrected chi connectivity index (χ0v) is 10.5. The predicted octanol–water partition coefficient (Wildman–Crippen LogP) is 2.11. The highest BCUT2D eigenvalue weighted by Crippen LogP contribution is 2.64. The number of aliphatic hydroxyl groups excluding tert-OH is 1. The summed E-state index contributed by atoms with van der Waals surface area (Å²) in [4.78, 5) is 1.32. The molecule has 1 aromatic heterocycles. The normalized spacial score (nSPS) is 36.0. The molecule has 0 saturated heterocycles. The summed E-state index contributed by atoms with van der Waals surface area (Å²) >= 11 is 5.19. The Morgan fingerprint density at radius 1 is 1.71 bits per heavy atom. The van der Waals surface area contributed by atoms with Crippen LogP contribution in [0.2, 0.25) is 0 Å². The van der Waals surface area contributed by atoms with E-state index in [1.165, 1.54) is 4.88 Å². The fourth-order valence-corrected chi connectivity index (χ4v) is 3.89. The monoisotopic (exact) mass is 275 g/mol. The molecule has 2 rings (SSSR count). The van der Waals surface area contributed by atoms with Crippen molar-refractivity contribution < 1.29 is 5.11 Å². The highest BCUT2D eigenvalue weighted by Gasteiger charge is 2.64. The van der Waals surface area contributed by atoms with Crippen molar-refractivity contribution >= 4 is 27.3 Å². The molecule has 1 heterocycles. The van der Waals surface area contributed by atoms with E-state index in [-0.39, 0.29) is 17.4 Å². The second-order valence-corrected chi connectivity index (χ2v) is 6.11. The lowest BCUT2D eigenvalue weighted by Gasteiger charge is -2.17. The summed E-state index contributed by atoms with van der Waals surface area (Å²) in [5.41, 5.74) is 5.75. The van der Waals surface area contributed by atoms with Gasteiger partial charge in [-0.15, -0.1) is 11.3 Å². The minimum absolute atomic E-state index is 0.0721. The second-order valence-electron chi connectivity index (χ2n) is 4.28. The third kappa shape index (κ3) is 1.28. The standard InChI is InChI=1S/C10H14BrNOS/c1-9(4-10(9,5-12)6-13)8-2-7(11)3-14-8/h2-3,13H,4-6,12H2,1H3. The van der Waals surface area contributed by atoms with Crippen LogP contribution in [0, 0.1) is 5.41 Å². The van der Waals surface area contributed by atoms with Gasteiger partial charge in [0.25, 0.3) is 0 Å². The fraction of sp³-hybridized carbons (Fsp3) is 0.600. The molecule has 0 aliphatic heterocycles. The number of aliphatic hydroxyl groups is 1. The Kier molecular flexibility index (Phi) is 2.50. The number of rotatable bonds is 3. The SMILES string of the molecule is CC1(c2cc(Br)cs2)CC1(CN)CO. The maximum absolute atomic E-state index is 9.37. The summed E-state index contributed by atoms with van der Waals surface area (Å²) < 4.78 is 1.12. The van der Waals surface area contributed by atoms with Crippen molar-refractivity contribution in [2.75, 3.05) is 13.2 Å². The predicted molar refractivity (Wildman–Crippen MR) is 62.6 cm³/mol. The lowest BCUT2D eigenvalue weighted by atomic mass is 9.94. The Labute approximate surface area is 96.3 Å². The number of hydrogen-bond acceptors (Lipinski definition) is 3. The molecule has 1 aliphatic carbocycles.